The van der Waals surface area contributed by atoms with Gasteiger partial charge in [0.05, 0.1) is 11.3 Å². The minimum absolute atomic E-state index is 0.0684. The van der Waals surface area contributed by atoms with Crippen molar-refractivity contribution in [2.45, 2.75) is 10.8 Å². The highest BCUT2D eigenvalue weighted by Gasteiger charge is 2.17. The maximum atomic E-state index is 12.2. The Labute approximate surface area is 260 Å². The van der Waals surface area contributed by atoms with Gasteiger partial charge in [-0.2, -0.15) is 0 Å². The Hall–Kier alpha value is -3.49. The summed E-state index contributed by atoms with van der Waals surface area (Å²) in [6.45, 7) is 1.99. The summed E-state index contributed by atoms with van der Waals surface area (Å²) in [7, 11) is 2.08. The van der Waals surface area contributed by atoms with Crippen LogP contribution in [0, 0.1) is 0 Å². The standard InChI is InChI=1S/C33H31Cl2NO5S/c1-36(20-32(23-2-8-26(34)9-3-23)24-4-10-27(35)11-5-24)18-19-40-29-14-16-31(17-15-29)42-22-28(37)21-41-30-12-6-25(7-13-30)33(38)39/h2-17,32H,18-22H2,1H3,(H,38,39). The summed E-state index contributed by atoms with van der Waals surface area (Å²) < 4.78 is 11.4. The Morgan fingerprint density at radius 3 is 1.86 bits per heavy atom. The molecule has 218 valence electrons. The van der Waals surface area contributed by atoms with Gasteiger partial charge >= 0.3 is 5.97 Å². The number of halogens is 2. The Morgan fingerprint density at radius 2 is 1.31 bits per heavy atom. The highest BCUT2D eigenvalue weighted by Crippen LogP contribution is 2.28. The molecule has 0 saturated carbocycles. The predicted octanol–water partition coefficient (Wildman–Crippen LogP) is 7.57. The molecule has 0 saturated heterocycles. The minimum Gasteiger partial charge on any atom is -0.492 e. The molecule has 9 heteroatoms. The van der Waals surface area contributed by atoms with Gasteiger partial charge < -0.3 is 19.5 Å². The van der Waals surface area contributed by atoms with Gasteiger partial charge in [-0.05, 0) is 91.0 Å². The number of carbonyl (C=O) groups excluding carboxylic acids is 1. The molecule has 0 radical (unpaired) electrons. The lowest BCUT2D eigenvalue weighted by molar-refractivity contribution is -0.118. The molecule has 4 aromatic rings. The number of rotatable bonds is 15. The molecule has 0 atom stereocenters. The zero-order valence-electron chi connectivity index (χ0n) is 23.0. The van der Waals surface area contributed by atoms with Crippen molar-refractivity contribution in [1.82, 2.24) is 4.90 Å². The van der Waals surface area contributed by atoms with Crippen molar-refractivity contribution in [2.75, 3.05) is 39.1 Å². The van der Waals surface area contributed by atoms with Gasteiger partial charge in [-0.25, -0.2) is 4.79 Å². The van der Waals surface area contributed by atoms with E-state index in [0.717, 1.165) is 23.7 Å². The molecular formula is C33H31Cl2NO5S. The van der Waals surface area contributed by atoms with Crippen molar-refractivity contribution >= 4 is 46.7 Å². The van der Waals surface area contributed by atoms with Crippen molar-refractivity contribution in [3.63, 3.8) is 0 Å². The quantitative estimate of drug-likeness (QED) is 0.137. The van der Waals surface area contributed by atoms with Gasteiger partial charge in [0.15, 0.2) is 5.78 Å². The van der Waals surface area contributed by atoms with E-state index in [9.17, 15) is 9.59 Å². The Bertz CT molecular complexity index is 1400. The predicted molar refractivity (Wildman–Crippen MR) is 169 cm³/mol. The van der Waals surface area contributed by atoms with E-state index in [1.807, 2.05) is 48.5 Å². The van der Waals surface area contributed by atoms with Crippen molar-refractivity contribution in [3.8, 4) is 11.5 Å². The fraction of sp³-hybridized carbons (Fsp3) is 0.212. The number of nitrogens with zero attached hydrogens (tertiary/aromatic N) is 1. The van der Waals surface area contributed by atoms with Crippen molar-refractivity contribution in [1.29, 1.82) is 0 Å². The highest BCUT2D eigenvalue weighted by molar-refractivity contribution is 8.00. The van der Waals surface area contributed by atoms with Crippen LogP contribution in [0.1, 0.15) is 27.4 Å². The van der Waals surface area contributed by atoms with Crippen LogP contribution in [0.25, 0.3) is 0 Å². The highest BCUT2D eigenvalue weighted by atomic mass is 35.5. The van der Waals surface area contributed by atoms with Crippen LogP contribution >= 0.6 is 35.0 Å². The number of carboxylic acids is 1. The number of ether oxygens (including phenoxy) is 2. The number of hydrogen-bond donors (Lipinski definition) is 1. The molecule has 0 heterocycles. The van der Waals surface area contributed by atoms with Gasteiger partial charge in [0.2, 0.25) is 0 Å². The summed E-state index contributed by atoms with van der Waals surface area (Å²) in [6, 6.07) is 29.5. The molecule has 42 heavy (non-hydrogen) atoms. The molecule has 0 unspecified atom stereocenters. The van der Waals surface area contributed by atoms with Crippen LogP contribution in [0.5, 0.6) is 11.5 Å². The molecule has 0 aliphatic heterocycles. The number of hydrogen-bond acceptors (Lipinski definition) is 6. The number of aromatic carboxylic acids is 1. The van der Waals surface area contributed by atoms with E-state index in [1.165, 1.54) is 47.2 Å². The molecule has 0 spiro atoms. The first kappa shape index (κ1) is 31.4. The normalized spacial score (nSPS) is 11.1. The lowest BCUT2D eigenvalue weighted by Gasteiger charge is -2.25. The van der Waals surface area contributed by atoms with E-state index in [-0.39, 0.29) is 29.6 Å². The monoisotopic (exact) mass is 623 g/mol. The SMILES string of the molecule is CN(CCOc1ccc(SCC(=O)COc2ccc(C(=O)O)cc2)cc1)CC(c1ccc(Cl)cc1)c1ccc(Cl)cc1. The zero-order chi connectivity index (χ0) is 29.9. The Kier molecular flexibility index (Phi) is 11.7. The maximum absolute atomic E-state index is 12.2. The number of carboxylic acid groups (broad SMARTS) is 1. The molecule has 6 nitrogen and oxygen atoms in total. The number of benzene rings is 4. The average Bonchev–Trinajstić information content (AvgIpc) is 2.99. The van der Waals surface area contributed by atoms with E-state index in [0.29, 0.717) is 22.4 Å². The smallest absolute Gasteiger partial charge is 0.335 e. The third-order valence-corrected chi connectivity index (χ3v) is 8.08. The zero-order valence-corrected chi connectivity index (χ0v) is 25.4. The van der Waals surface area contributed by atoms with Crippen LogP contribution < -0.4 is 9.47 Å². The first-order valence-electron chi connectivity index (χ1n) is 13.3. The Morgan fingerprint density at radius 1 is 0.786 bits per heavy atom. The minimum atomic E-state index is -1.01. The van der Waals surface area contributed by atoms with Crippen molar-refractivity contribution < 1.29 is 24.2 Å². The van der Waals surface area contributed by atoms with Crippen LogP contribution in [0.3, 0.4) is 0 Å². The first-order valence-corrected chi connectivity index (χ1v) is 15.0. The van der Waals surface area contributed by atoms with E-state index in [4.69, 9.17) is 37.8 Å². The number of carbonyl (C=O) groups is 2. The molecule has 0 bridgehead atoms. The second-order valence-corrected chi connectivity index (χ2v) is 11.6. The molecule has 0 amide bonds. The second kappa shape index (κ2) is 15.7. The van der Waals surface area contributed by atoms with Crippen molar-refractivity contribution in [3.05, 3.63) is 124 Å². The van der Waals surface area contributed by atoms with Crippen LogP contribution in [-0.2, 0) is 4.79 Å². The van der Waals surface area contributed by atoms with Gasteiger partial charge in [0.1, 0.15) is 24.7 Å². The molecule has 4 rings (SSSR count). The largest absolute Gasteiger partial charge is 0.492 e. The van der Waals surface area contributed by atoms with E-state index < -0.39 is 5.97 Å². The van der Waals surface area contributed by atoms with E-state index >= 15 is 0 Å². The van der Waals surface area contributed by atoms with Gasteiger partial charge in [0.25, 0.3) is 0 Å². The molecule has 1 N–H and O–H groups in total. The van der Waals surface area contributed by atoms with E-state index in [2.05, 4.69) is 36.2 Å². The Balaban J connectivity index is 1.20. The van der Waals surface area contributed by atoms with Gasteiger partial charge in [-0.3, -0.25) is 4.79 Å². The third kappa shape index (κ3) is 9.81. The second-order valence-electron chi connectivity index (χ2n) is 9.68. The summed E-state index contributed by atoms with van der Waals surface area (Å²) in [5.74, 6) is 0.565. The third-order valence-electron chi connectivity index (χ3n) is 6.51. The number of thioether (sulfide) groups is 1. The van der Waals surface area contributed by atoms with Gasteiger partial charge in [-0.1, -0.05) is 47.5 Å². The summed E-state index contributed by atoms with van der Waals surface area (Å²) in [5.41, 5.74) is 2.53. The van der Waals surface area contributed by atoms with Gasteiger partial charge in [0, 0.05) is 33.9 Å². The van der Waals surface area contributed by atoms with Crippen molar-refractivity contribution in [2.24, 2.45) is 0 Å². The average molecular weight is 625 g/mol. The van der Waals surface area contributed by atoms with Crippen LogP contribution in [0.15, 0.2) is 102 Å². The molecule has 0 aromatic heterocycles. The summed E-state index contributed by atoms with van der Waals surface area (Å²) in [4.78, 5) is 26.4. The lowest BCUT2D eigenvalue weighted by atomic mass is 9.91. The molecular weight excluding hydrogens is 593 g/mol. The maximum Gasteiger partial charge on any atom is 0.335 e. The fourth-order valence-corrected chi connectivity index (χ4v) is 5.20. The molecule has 4 aromatic carbocycles. The molecule has 0 aliphatic rings. The fourth-order valence-electron chi connectivity index (χ4n) is 4.21. The van der Waals surface area contributed by atoms with Crippen LogP contribution in [-0.4, -0.2) is 60.9 Å². The van der Waals surface area contributed by atoms with Gasteiger partial charge in [-0.15, -0.1) is 11.8 Å². The number of ketones is 1. The summed E-state index contributed by atoms with van der Waals surface area (Å²) in [6.07, 6.45) is 0. The summed E-state index contributed by atoms with van der Waals surface area (Å²) in [5, 5.41) is 10.4. The van der Waals surface area contributed by atoms with E-state index in [1.54, 1.807) is 0 Å². The number of likely N-dealkylation sites (N-methyl/N-ethyl adjacent to an activating group) is 1. The summed E-state index contributed by atoms with van der Waals surface area (Å²) >= 11 is 13.7. The topological polar surface area (TPSA) is 76.1 Å². The van der Waals surface area contributed by atoms with Crippen LogP contribution in [0.4, 0.5) is 0 Å². The first-order chi connectivity index (χ1) is 20.3. The molecule has 0 fully saturated rings. The van der Waals surface area contributed by atoms with Crippen LogP contribution in [0.2, 0.25) is 10.0 Å². The lowest BCUT2D eigenvalue weighted by Crippen LogP contribution is -2.29. The number of Topliss-reactive ketones (excluding diaryl/α,β-unsaturated/α-hetero) is 1. The molecule has 0 aliphatic carbocycles.